The number of hydrogen-bond acceptors (Lipinski definition) is 3. The highest BCUT2D eigenvalue weighted by molar-refractivity contribution is 7.99. The molecule has 1 amide bonds. The van der Waals surface area contributed by atoms with Gasteiger partial charge in [-0.1, -0.05) is 13.0 Å². The summed E-state index contributed by atoms with van der Waals surface area (Å²) in [6.45, 7) is 3.53. The van der Waals surface area contributed by atoms with E-state index in [0.717, 1.165) is 12.1 Å². The van der Waals surface area contributed by atoms with Gasteiger partial charge >= 0.3 is 6.18 Å². The molecular formula is C14H13F3N2OS. The van der Waals surface area contributed by atoms with Crippen LogP contribution in [0.1, 0.15) is 28.4 Å². The lowest BCUT2D eigenvalue weighted by atomic mass is 10.0. The quantitative estimate of drug-likeness (QED) is 0.877. The molecule has 1 aromatic heterocycles. The van der Waals surface area contributed by atoms with Crippen LogP contribution in [0.25, 0.3) is 10.9 Å². The molecule has 0 saturated carbocycles. The van der Waals surface area contributed by atoms with Gasteiger partial charge < -0.3 is 5.73 Å². The van der Waals surface area contributed by atoms with Crippen molar-refractivity contribution in [3.8, 4) is 0 Å². The predicted molar refractivity (Wildman–Crippen MR) is 76.4 cm³/mol. The third kappa shape index (κ3) is 2.97. The van der Waals surface area contributed by atoms with Crippen LogP contribution in [0.4, 0.5) is 13.2 Å². The summed E-state index contributed by atoms with van der Waals surface area (Å²) in [6, 6.07) is 3.30. The van der Waals surface area contributed by atoms with Crippen molar-refractivity contribution in [2.45, 2.75) is 25.0 Å². The maximum Gasteiger partial charge on any atom is 0.416 e. The summed E-state index contributed by atoms with van der Waals surface area (Å²) in [5, 5.41) is 0.867. The minimum atomic E-state index is -4.43. The summed E-state index contributed by atoms with van der Waals surface area (Å²) in [5.74, 6) is 0.00901. The number of primary amides is 1. The maximum atomic E-state index is 12.8. The monoisotopic (exact) mass is 314 g/mol. The topological polar surface area (TPSA) is 56.0 Å². The number of carbonyl (C=O) groups excluding carboxylic acids is 1. The Morgan fingerprint density at radius 1 is 1.38 bits per heavy atom. The van der Waals surface area contributed by atoms with Crippen molar-refractivity contribution >= 4 is 28.6 Å². The largest absolute Gasteiger partial charge is 0.416 e. The van der Waals surface area contributed by atoms with Crippen LogP contribution in [-0.4, -0.2) is 16.6 Å². The summed E-state index contributed by atoms with van der Waals surface area (Å²) >= 11 is 1.28. The molecule has 2 rings (SSSR count). The minimum Gasteiger partial charge on any atom is -0.366 e. The van der Waals surface area contributed by atoms with Crippen molar-refractivity contribution in [1.82, 2.24) is 4.98 Å². The zero-order valence-corrected chi connectivity index (χ0v) is 12.2. The number of aromatic nitrogens is 1. The summed E-state index contributed by atoms with van der Waals surface area (Å²) in [6.07, 6.45) is -4.43. The Balaban J connectivity index is 2.76. The number of alkyl halides is 3. The minimum absolute atomic E-state index is 0.211. The summed E-state index contributed by atoms with van der Waals surface area (Å²) in [4.78, 5) is 15.8. The van der Waals surface area contributed by atoms with Crippen LogP contribution in [0.5, 0.6) is 0 Å². The van der Waals surface area contributed by atoms with E-state index in [1.165, 1.54) is 17.8 Å². The van der Waals surface area contributed by atoms with Gasteiger partial charge in [0.05, 0.1) is 16.6 Å². The predicted octanol–water partition coefficient (Wildman–Crippen LogP) is 3.77. The fourth-order valence-corrected chi connectivity index (χ4v) is 2.94. The molecule has 1 heterocycles. The van der Waals surface area contributed by atoms with Crippen LogP contribution in [0.15, 0.2) is 23.2 Å². The standard InChI is InChI=1S/C14H13F3N2OS/c1-3-21-13-11(12(18)20)7(2)9-5-4-8(14(15,16)17)6-10(9)19-13/h4-6H,3H2,1-2H3,(H2,18,20). The van der Waals surface area contributed by atoms with E-state index in [1.807, 2.05) is 6.92 Å². The molecule has 0 bridgehead atoms. The number of pyridine rings is 1. The van der Waals surface area contributed by atoms with E-state index in [1.54, 1.807) is 6.92 Å². The lowest BCUT2D eigenvalue weighted by molar-refractivity contribution is -0.137. The summed E-state index contributed by atoms with van der Waals surface area (Å²) < 4.78 is 38.3. The number of carbonyl (C=O) groups is 1. The molecule has 0 radical (unpaired) electrons. The van der Waals surface area contributed by atoms with E-state index in [0.29, 0.717) is 21.7 Å². The fraction of sp³-hybridized carbons (Fsp3) is 0.286. The average molecular weight is 314 g/mol. The van der Waals surface area contributed by atoms with Crippen LogP contribution in [0, 0.1) is 6.92 Å². The Labute approximate surface area is 123 Å². The molecule has 3 nitrogen and oxygen atoms in total. The number of benzene rings is 1. The molecule has 112 valence electrons. The van der Waals surface area contributed by atoms with Crippen LogP contribution in [0.3, 0.4) is 0 Å². The Kier molecular flexibility index (Phi) is 4.13. The van der Waals surface area contributed by atoms with E-state index >= 15 is 0 Å². The maximum absolute atomic E-state index is 12.8. The van der Waals surface area contributed by atoms with Crippen molar-refractivity contribution < 1.29 is 18.0 Å². The molecule has 0 unspecified atom stereocenters. The first-order valence-corrected chi connectivity index (χ1v) is 7.18. The van der Waals surface area contributed by atoms with Crippen molar-refractivity contribution in [2.75, 3.05) is 5.75 Å². The van der Waals surface area contributed by atoms with Crippen LogP contribution < -0.4 is 5.73 Å². The molecule has 0 saturated heterocycles. The van der Waals surface area contributed by atoms with E-state index in [9.17, 15) is 18.0 Å². The lowest BCUT2D eigenvalue weighted by Gasteiger charge is -2.13. The number of nitrogens with two attached hydrogens (primary N) is 1. The Morgan fingerprint density at radius 2 is 2.05 bits per heavy atom. The second-order valence-corrected chi connectivity index (χ2v) is 5.70. The van der Waals surface area contributed by atoms with Crippen LogP contribution in [0.2, 0.25) is 0 Å². The third-order valence-corrected chi connectivity index (χ3v) is 3.92. The molecule has 7 heteroatoms. The normalized spacial score (nSPS) is 11.9. The first-order chi connectivity index (χ1) is 9.75. The van der Waals surface area contributed by atoms with Crippen molar-refractivity contribution in [3.05, 3.63) is 34.9 Å². The molecule has 0 aliphatic heterocycles. The second kappa shape index (κ2) is 5.55. The van der Waals surface area contributed by atoms with Gasteiger partial charge in [-0.25, -0.2) is 4.98 Å². The molecule has 0 aliphatic carbocycles. The van der Waals surface area contributed by atoms with Crippen molar-refractivity contribution in [2.24, 2.45) is 5.73 Å². The van der Waals surface area contributed by atoms with E-state index in [4.69, 9.17) is 5.73 Å². The Hall–Kier alpha value is -1.76. The first-order valence-electron chi connectivity index (χ1n) is 6.19. The Morgan fingerprint density at radius 3 is 2.57 bits per heavy atom. The smallest absolute Gasteiger partial charge is 0.366 e. The van der Waals surface area contributed by atoms with Crippen LogP contribution in [-0.2, 0) is 6.18 Å². The molecule has 0 spiro atoms. The number of amides is 1. The number of rotatable bonds is 3. The van der Waals surface area contributed by atoms with E-state index in [-0.39, 0.29) is 11.1 Å². The molecule has 2 N–H and O–H groups in total. The average Bonchev–Trinajstić information content (AvgIpc) is 2.37. The highest BCUT2D eigenvalue weighted by Gasteiger charge is 2.31. The van der Waals surface area contributed by atoms with Gasteiger partial charge in [-0.2, -0.15) is 13.2 Å². The van der Waals surface area contributed by atoms with Crippen molar-refractivity contribution in [1.29, 1.82) is 0 Å². The summed E-state index contributed by atoms with van der Waals surface area (Å²) in [5.41, 5.74) is 5.64. The highest BCUT2D eigenvalue weighted by Crippen LogP contribution is 2.34. The fourth-order valence-electron chi connectivity index (χ4n) is 2.11. The van der Waals surface area contributed by atoms with Gasteiger partial charge in [-0.15, -0.1) is 11.8 Å². The van der Waals surface area contributed by atoms with E-state index < -0.39 is 17.6 Å². The van der Waals surface area contributed by atoms with Gasteiger partial charge in [0, 0.05) is 5.39 Å². The second-order valence-electron chi connectivity index (χ2n) is 4.44. The first kappa shape index (κ1) is 15.6. The zero-order chi connectivity index (χ0) is 15.8. The molecule has 0 fully saturated rings. The highest BCUT2D eigenvalue weighted by atomic mass is 32.2. The number of hydrogen-bond donors (Lipinski definition) is 1. The number of halogens is 3. The number of nitrogens with zero attached hydrogens (tertiary/aromatic N) is 1. The molecule has 21 heavy (non-hydrogen) atoms. The zero-order valence-electron chi connectivity index (χ0n) is 11.4. The van der Waals surface area contributed by atoms with Gasteiger partial charge in [0.2, 0.25) is 0 Å². The van der Waals surface area contributed by atoms with Crippen molar-refractivity contribution in [3.63, 3.8) is 0 Å². The van der Waals surface area contributed by atoms with E-state index in [2.05, 4.69) is 4.98 Å². The van der Waals surface area contributed by atoms with Gasteiger partial charge in [-0.3, -0.25) is 4.79 Å². The molecule has 0 aliphatic rings. The third-order valence-electron chi connectivity index (χ3n) is 3.07. The number of aryl methyl sites for hydroxylation is 1. The number of fused-ring (bicyclic) bond motifs is 1. The molecule has 0 atom stereocenters. The number of thioether (sulfide) groups is 1. The molecule has 1 aromatic carbocycles. The Bertz CT molecular complexity index is 713. The van der Waals surface area contributed by atoms with Gasteiger partial charge in [0.25, 0.3) is 5.91 Å². The SMILES string of the molecule is CCSc1nc2cc(C(F)(F)F)ccc2c(C)c1C(N)=O. The van der Waals surface area contributed by atoms with Crippen LogP contribution >= 0.6 is 11.8 Å². The molecule has 2 aromatic rings. The molecular weight excluding hydrogens is 301 g/mol. The summed E-state index contributed by atoms with van der Waals surface area (Å²) in [7, 11) is 0. The van der Waals surface area contributed by atoms with Gasteiger partial charge in [-0.05, 0) is 30.4 Å². The van der Waals surface area contributed by atoms with Gasteiger partial charge in [0.15, 0.2) is 0 Å². The van der Waals surface area contributed by atoms with Gasteiger partial charge in [0.1, 0.15) is 5.03 Å². The lowest BCUT2D eigenvalue weighted by Crippen LogP contribution is -2.15.